The van der Waals surface area contributed by atoms with Crippen molar-refractivity contribution in [2.45, 2.75) is 25.3 Å². The lowest BCUT2D eigenvalue weighted by atomic mass is 10.0. The van der Waals surface area contributed by atoms with Crippen LogP contribution in [-0.2, 0) is 0 Å². The predicted octanol–water partition coefficient (Wildman–Crippen LogP) is 0.0875. The fourth-order valence-corrected chi connectivity index (χ4v) is 2.07. The highest BCUT2D eigenvalue weighted by Crippen LogP contribution is 2.19. The van der Waals surface area contributed by atoms with Crippen LogP contribution in [0.2, 0.25) is 0 Å². The lowest BCUT2D eigenvalue weighted by molar-refractivity contribution is 0.460. The molecule has 1 aliphatic heterocycles. The Balaban J connectivity index is 2.28. The zero-order valence-corrected chi connectivity index (χ0v) is 8.65. The Bertz CT molecular complexity index is 376. The lowest BCUT2D eigenvalue weighted by Crippen LogP contribution is -2.46. The van der Waals surface area contributed by atoms with Gasteiger partial charge in [0.1, 0.15) is 0 Å². The van der Waals surface area contributed by atoms with E-state index in [2.05, 4.69) is 9.97 Å². The molecule has 5 heteroatoms. The van der Waals surface area contributed by atoms with Crippen molar-refractivity contribution in [2.24, 2.45) is 5.73 Å². The molecule has 2 rings (SSSR count). The van der Waals surface area contributed by atoms with Gasteiger partial charge in [0.15, 0.2) is 5.82 Å². The first kappa shape index (κ1) is 10.2. The molecule has 1 aromatic rings. The monoisotopic (exact) mass is 208 g/mol. The molecule has 5 nitrogen and oxygen atoms in total. The molecule has 2 heterocycles. The number of anilines is 1. The summed E-state index contributed by atoms with van der Waals surface area (Å²) < 4.78 is 0. The third-order valence-electron chi connectivity index (χ3n) is 2.86. The summed E-state index contributed by atoms with van der Waals surface area (Å²) in [6.45, 7) is 1.46. The summed E-state index contributed by atoms with van der Waals surface area (Å²) in [7, 11) is 0. The van der Waals surface area contributed by atoms with Crippen molar-refractivity contribution >= 4 is 5.82 Å². The van der Waals surface area contributed by atoms with Gasteiger partial charge < -0.3 is 15.6 Å². The number of piperidine rings is 1. The molecule has 1 atom stereocenters. The van der Waals surface area contributed by atoms with Gasteiger partial charge in [-0.2, -0.15) is 0 Å². The summed E-state index contributed by atoms with van der Waals surface area (Å²) in [5.74, 6) is 0.507. The molecule has 3 N–H and O–H groups in total. The van der Waals surface area contributed by atoms with Crippen LogP contribution in [-0.4, -0.2) is 29.1 Å². The summed E-state index contributed by atoms with van der Waals surface area (Å²) in [6.07, 6.45) is 6.49. The number of rotatable bonds is 2. The van der Waals surface area contributed by atoms with Crippen molar-refractivity contribution in [3.8, 4) is 0 Å². The van der Waals surface area contributed by atoms with Gasteiger partial charge in [-0.3, -0.25) is 4.79 Å². The van der Waals surface area contributed by atoms with E-state index in [9.17, 15) is 4.79 Å². The van der Waals surface area contributed by atoms with E-state index in [0.29, 0.717) is 12.4 Å². The minimum absolute atomic E-state index is 0.127. The Labute approximate surface area is 88.3 Å². The molecular weight excluding hydrogens is 192 g/mol. The predicted molar refractivity (Wildman–Crippen MR) is 58.9 cm³/mol. The van der Waals surface area contributed by atoms with Crippen molar-refractivity contribution in [3.05, 3.63) is 22.7 Å². The Hall–Kier alpha value is -1.36. The van der Waals surface area contributed by atoms with Crippen LogP contribution in [0.4, 0.5) is 5.82 Å². The molecule has 0 aromatic carbocycles. The molecule has 0 aliphatic carbocycles. The number of aromatic amines is 1. The Morgan fingerprint density at radius 2 is 2.47 bits per heavy atom. The Morgan fingerprint density at radius 1 is 1.60 bits per heavy atom. The van der Waals surface area contributed by atoms with Gasteiger partial charge in [-0.05, 0) is 19.3 Å². The average molecular weight is 208 g/mol. The maximum absolute atomic E-state index is 11.6. The topological polar surface area (TPSA) is 75.0 Å². The van der Waals surface area contributed by atoms with Gasteiger partial charge >= 0.3 is 0 Å². The number of nitrogens with zero attached hydrogens (tertiary/aromatic N) is 2. The second kappa shape index (κ2) is 4.44. The van der Waals surface area contributed by atoms with Crippen LogP contribution in [0.25, 0.3) is 0 Å². The van der Waals surface area contributed by atoms with Gasteiger partial charge in [0, 0.05) is 31.5 Å². The molecule has 0 saturated carbocycles. The molecule has 1 saturated heterocycles. The molecular formula is C10H16N4O. The molecule has 15 heavy (non-hydrogen) atoms. The molecule has 1 aromatic heterocycles. The van der Waals surface area contributed by atoms with E-state index in [4.69, 9.17) is 5.73 Å². The van der Waals surface area contributed by atoms with Crippen LogP contribution < -0.4 is 16.2 Å². The van der Waals surface area contributed by atoms with Gasteiger partial charge in [-0.15, -0.1) is 0 Å². The van der Waals surface area contributed by atoms with Crippen LogP contribution in [0.15, 0.2) is 17.2 Å². The van der Waals surface area contributed by atoms with Crippen molar-refractivity contribution in [1.29, 1.82) is 0 Å². The second-order valence-corrected chi connectivity index (χ2v) is 3.82. The zero-order chi connectivity index (χ0) is 10.7. The van der Waals surface area contributed by atoms with Crippen molar-refractivity contribution in [3.63, 3.8) is 0 Å². The van der Waals surface area contributed by atoms with E-state index in [1.165, 1.54) is 6.42 Å². The summed E-state index contributed by atoms with van der Waals surface area (Å²) in [4.78, 5) is 20.4. The minimum atomic E-state index is -0.127. The highest BCUT2D eigenvalue weighted by Gasteiger charge is 2.23. The SMILES string of the molecule is NCC1CCCCN1c1ncc[nH]c1=O. The molecule has 0 spiro atoms. The van der Waals surface area contributed by atoms with Gasteiger partial charge in [0.25, 0.3) is 5.56 Å². The maximum Gasteiger partial charge on any atom is 0.290 e. The van der Waals surface area contributed by atoms with E-state index in [0.717, 1.165) is 19.4 Å². The molecule has 0 radical (unpaired) electrons. The van der Waals surface area contributed by atoms with E-state index in [-0.39, 0.29) is 11.6 Å². The van der Waals surface area contributed by atoms with Crippen molar-refractivity contribution < 1.29 is 0 Å². The number of hydrogen-bond acceptors (Lipinski definition) is 4. The highest BCUT2D eigenvalue weighted by atomic mass is 16.1. The smallest absolute Gasteiger partial charge is 0.290 e. The first-order chi connectivity index (χ1) is 7.33. The first-order valence-corrected chi connectivity index (χ1v) is 5.33. The summed E-state index contributed by atoms with van der Waals surface area (Å²) in [5.41, 5.74) is 5.57. The standard InChI is InChI=1S/C10H16N4O/c11-7-8-3-1-2-6-14(8)9-10(15)13-5-4-12-9/h4-5,8H,1-3,6-7,11H2,(H,13,15). The van der Waals surface area contributed by atoms with Crippen molar-refractivity contribution in [2.75, 3.05) is 18.0 Å². The minimum Gasteiger partial charge on any atom is -0.348 e. The molecule has 82 valence electrons. The third-order valence-corrected chi connectivity index (χ3v) is 2.86. The van der Waals surface area contributed by atoms with Gasteiger partial charge in [-0.1, -0.05) is 0 Å². The van der Waals surface area contributed by atoms with Crippen LogP contribution in [0.1, 0.15) is 19.3 Å². The quantitative estimate of drug-likeness (QED) is 0.722. The number of H-pyrrole nitrogens is 1. The summed E-state index contributed by atoms with van der Waals surface area (Å²) in [5, 5.41) is 0. The van der Waals surface area contributed by atoms with Crippen molar-refractivity contribution in [1.82, 2.24) is 9.97 Å². The van der Waals surface area contributed by atoms with E-state index >= 15 is 0 Å². The number of nitrogens with one attached hydrogen (secondary N) is 1. The number of aromatic nitrogens is 2. The maximum atomic E-state index is 11.6. The fourth-order valence-electron chi connectivity index (χ4n) is 2.07. The van der Waals surface area contributed by atoms with Crippen LogP contribution in [0.3, 0.4) is 0 Å². The van der Waals surface area contributed by atoms with E-state index < -0.39 is 0 Å². The van der Waals surface area contributed by atoms with Crippen LogP contribution in [0.5, 0.6) is 0 Å². The third kappa shape index (κ3) is 2.02. The summed E-state index contributed by atoms with van der Waals surface area (Å²) >= 11 is 0. The van der Waals surface area contributed by atoms with E-state index in [1.54, 1.807) is 12.4 Å². The first-order valence-electron chi connectivity index (χ1n) is 5.33. The fraction of sp³-hybridized carbons (Fsp3) is 0.600. The van der Waals surface area contributed by atoms with Gasteiger partial charge in [0.05, 0.1) is 0 Å². The largest absolute Gasteiger partial charge is 0.348 e. The number of hydrogen-bond donors (Lipinski definition) is 2. The van der Waals surface area contributed by atoms with Crippen LogP contribution >= 0.6 is 0 Å². The lowest BCUT2D eigenvalue weighted by Gasteiger charge is -2.35. The molecule has 1 aliphatic rings. The normalized spacial score (nSPS) is 21.7. The molecule has 0 bridgehead atoms. The van der Waals surface area contributed by atoms with Gasteiger partial charge in [0.2, 0.25) is 0 Å². The highest BCUT2D eigenvalue weighted by molar-refractivity contribution is 5.37. The van der Waals surface area contributed by atoms with E-state index in [1.807, 2.05) is 4.90 Å². The van der Waals surface area contributed by atoms with Crippen LogP contribution in [0, 0.1) is 0 Å². The Kier molecular flexibility index (Phi) is 3.01. The zero-order valence-electron chi connectivity index (χ0n) is 8.65. The van der Waals surface area contributed by atoms with Gasteiger partial charge in [-0.25, -0.2) is 4.98 Å². The molecule has 1 fully saturated rings. The number of nitrogens with two attached hydrogens (primary N) is 1. The Morgan fingerprint density at radius 3 is 3.20 bits per heavy atom. The summed E-state index contributed by atoms with van der Waals surface area (Å²) in [6, 6.07) is 0.259. The average Bonchev–Trinajstić information content (AvgIpc) is 2.30. The molecule has 1 unspecified atom stereocenters. The second-order valence-electron chi connectivity index (χ2n) is 3.82. The molecule has 0 amide bonds.